The first-order valence-electron chi connectivity index (χ1n) is 8.38. The van der Waals surface area contributed by atoms with Crippen molar-refractivity contribution in [1.82, 2.24) is 15.0 Å². The normalized spacial score (nSPS) is 10.9. The Balaban J connectivity index is 1.72. The number of hydrogen-bond acceptors (Lipinski definition) is 5. The van der Waals surface area contributed by atoms with Crippen molar-refractivity contribution in [1.29, 1.82) is 0 Å². The van der Waals surface area contributed by atoms with Crippen LogP contribution in [0.1, 0.15) is 0 Å². The first-order chi connectivity index (χ1) is 13.6. The molecule has 142 valence electrons. The number of fused-ring (bicyclic) bond motifs is 1. The summed E-state index contributed by atoms with van der Waals surface area (Å²) >= 11 is 0. The zero-order chi connectivity index (χ0) is 19.7. The molecule has 2 N–H and O–H groups in total. The summed E-state index contributed by atoms with van der Waals surface area (Å²) in [6, 6.07) is 10.8. The van der Waals surface area contributed by atoms with Crippen LogP contribution in [-0.4, -0.2) is 29.2 Å². The molecule has 8 heteroatoms. The molecule has 6 nitrogen and oxygen atoms in total. The summed E-state index contributed by atoms with van der Waals surface area (Å²) in [7, 11) is 3.12. The van der Waals surface area contributed by atoms with Gasteiger partial charge in [-0.05, 0) is 36.4 Å². The fourth-order valence-corrected chi connectivity index (χ4v) is 2.86. The predicted octanol–water partition coefficient (Wildman–Crippen LogP) is 4.66. The minimum Gasteiger partial charge on any atom is -0.493 e. The van der Waals surface area contributed by atoms with Crippen LogP contribution in [-0.2, 0) is 0 Å². The number of nitrogens with zero attached hydrogens (tertiary/aromatic N) is 2. The van der Waals surface area contributed by atoms with Crippen molar-refractivity contribution in [3.05, 3.63) is 60.3 Å². The van der Waals surface area contributed by atoms with E-state index in [-0.39, 0.29) is 0 Å². The van der Waals surface area contributed by atoms with Crippen LogP contribution < -0.4 is 14.8 Å². The molecule has 0 aliphatic heterocycles. The van der Waals surface area contributed by atoms with Gasteiger partial charge in [-0.3, -0.25) is 0 Å². The first-order valence-corrected chi connectivity index (χ1v) is 8.38. The van der Waals surface area contributed by atoms with Crippen molar-refractivity contribution in [2.75, 3.05) is 19.5 Å². The third-order valence-electron chi connectivity index (χ3n) is 4.24. The molecule has 2 aromatic carbocycles. The molecule has 0 bridgehead atoms. The summed E-state index contributed by atoms with van der Waals surface area (Å²) in [5.74, 6) is 0.271. The zero-order valence-corrected chi connectivity index (χ0v) is 15.1. The maximum Gasteiger partial charge on any atom is 0.162 e. The molecule has 2 aromatic heterocycles. The van der Waals surface area contributed by atoms with Crippen LogP contribution in [0, 0.1) is 11.6 Å². The quantitative estimate of drug-likeness (QED) is 0.525. The fourth-order valence-electron chi connectivity index (χ4n) is 2.86. The highest BCUT2D eigenvalue weighted by atomic mass is 19.2. The molecule has 0 radical (unpaired) electrons. The minimum absolute atomic E-state index is 0.414. The largest absolute Gasteiger partial charge is 0.493 e. The number of nitrogens with one attached hydrogen (secondary N) is 2. The van der Waals surface area contributed by atoms with Gasteiger partial charge in [0.15, 0.2) is 29.0 Å². The van der Waals surface area contributed by atoms with Crippen LogP contribution in [0.25, 0.3) is 22.4 Å². The Morgan fingerprint density at radius 3 is 2.50 bits per heavy atom. The Hall–Kier alpha value is -3.68. The smallest absolute Gasteiger partial charge is 0.162 e. The van der Waals surface area contributed by atoms with Gasteiger partial charge in [0.05, 0.1) is 19.7 Å². The Kier molecular flexibility index (Phi) is 4.52. The van der Waals surface area contributed by atoms with E-state index >= 15 is 0 Å². The number of imidazole rings is 1. The third-order valence-corrected chi connectivity index (χ3v) is 4.24. The van der Waals surface area contributed by atoms with Crippen LogP contribution >= 0.6 is 0 Å². The Morgan fingerprint density at radius 2 is 1.75 bits per heavy atom. The summed E-state index contributed by atoms with van der Waals surface area (Å²) in [5, 5.41) is 3.19. The average Bonchev–Trinajstić information content (AvgIpc) is 3.15. The number of anilines is 2. The maximum absolute atomic E-state index is 13.6. The topological polar surface area (TPSA) is 72.1 Å². The van der Waals surface area contributed by atoms with Gasteiger partial charge in [0, 0.05) is 23.5 Å². The van der Waals surface area contributed by atoms with E-state index in [1.54, 1.807) is 38.6 Å². The van der Waals surface area contributed by atoms with Crippen molar-refractivity contribution >= 4 is 22.5 Å². The second-order valence-corrected chi connectivity index (χ2v) is 5.96. The van der Waals surface area contributed by atoms with Crippen LogP contribution in [0.2, 0.25) is 0 Å². The number of aromatic amines is 1. The number of methoxy groups -OCH3 is 2. The Labute approximate surface area is 159 Å². The highest BCUT2D eigenvalue weighted by Crippen LogP contribution is 2.32. The van der Waals surface area contributed by atoms with Gasteiger partial charge in [0.25, 0.3) is 0 Å². The average molecular weight is 382 g/mol. The van der Waals surface area contributed by atoms with E-state index in [4.69, 9.17) is 9.47 Å². The SMILES string of the molecule is COc1ccc(Nc2nccc3[nH]c(-c4ccc(F)c(F)c4)nc23)cc1OC. The van der Waals surface area contributed by atoms with E-state index < -0.39 is 11.6 Å². The number of halogens is 2. The van der Waals surface area contributed by atoms with E-state index in [1.165, 1.54) is 6.07 Å². The van der Waals surface area contributed by atoms with Gasteiger partial charge in [-0.1, -0.05) is 0 Å². The van der Waals surface area contributed by atoms with Gasteiger partial charge in [-0.25, -0.2) is 18.7 Å². The van der Waals surface area contributed by atoms with E-state index in [1.807, 2.05) is 6.07 Å². The van der Waals surface area contributed by atoms with Crippen LogP contribution in [0.5, 0.6) is 11.5 Å². The molecular formula is C20H16F2N4O2. The second-order valence-electron chi connectivity index (χ2n) is 5.96. The minimum atomic E-state index is -0.931. The number of H-pyrrole nitrogens is 1. The number of pyridine rings is 1. The van der Waals surface area contributed by atoms with E-state index in [9.17, 15) is 8.78 Å². The van der Waals surface area contributed by atoms with Gasteiger partial charge in [0.1, 0.15) is 11.3 Å². The molecule has 0 saturated heterocycles. The lowest BCUT2D eigenvalue weighted by atomic mass is 10.2. The molecule has 0 atom stereocenters. The molecule has 0 fully saturated rings. The highest BCUT2D eigenvalue weighted by molar-refractivity contribution is 5.90. The third kappa shape index (κ3) is 3.20. The second kappa shape index (κ2) is 7.15. The standard InChI is InChI=1S/C20H16F2N4O2/c1-27-16-6-4-12(10-17(16)28-2)24-20-18-15(7-8-23-20)25-19(26-18)11-3-5-13(21)14(22)9-11/h3-10H,1-2H3,(H,23,24)(H,25,26). The summed E-state index contributed by atoms with van der Waals surface area (Å²) < 4.78 is 37.3. The van der Waals surface area contributed by atoms with Crippen molar-refractivity contribution in [3.8, 4) is 22.9 Å². The Bertz CT molecular complexity index is 1160. The lowest BCUT2D eigenvalue weighted by Gasteiger charge is -2.11. The Morgan fingerprint density at radius 1 is 0.929 bits per heavy atom. The molecular weight excluding hydrogens is 366 g/mol. The maximum atomic E-state index is 13.6. The van der Waals surface area contributed by atoms with E-state index in [2.05, 4.69) is 20.3 Å². The summed E-state index contributed by atoms with van der Waals surface area (Å²) in [6.07, 6.45) is 1.62. The molecule has 0 aliphatic rings. The molecule has 4 rings (SSSR count). The molecule has 0 amide bonds. The van der Waals surface area contributed by atoms with Gasteiger partial charge >= 0.3 is 0 Å². The van der Waals surface area contributed by atoms with Crippen LogP contribution in [0.4, 0.5) is 20.3 Å². The van der Waals surface area contributed by atoms with Gasteiger partial charge in [-0.2, -0.15) is 0 Å². The van der Waals surface area contributed by atoms with Crippen molar-refractivity contribution in [2.24, 2.45) is 0 Å². The molecule has 0 spiro atoms. The summed E-state index contributed by atoms with van der Waals surface area (Å²) in [5.41, 5.74) is 2.44. The zero-order valence-electron chi connectivity index (χ0n) is 15.1. The summed E-state index contributed by atoms with van der Waals surface area (Å²) in [4.78, 5) is 11.9. The monoisotopic (exact) mass is 382 g/mol. The van der Waals surface area contributed by atoms with E-state index in [0.717, 1.165) is 17.8 Å². The van der Waals surface area contributed by atoms with Crippen molar-refractivity contribution in [2.45, 2.75) is 0 Å². The number of rotatable bonds is 5. The van der Waals surface area contributed by atoms with Gasteiger partial charge in [0.2, 0.25) is 0 Å². The molecule has 0 saturated carbocycles. The summed E-state index contributed by atoms with van der Waals surface area (Å²) in [6.45, 7) is 0. The molecule has 2 heterocycles. The molecule has 4 aromatic rings. The van der Waals surface area contributed by atoms with E-state index in [0.29, 0.717) is 39.7 Å². The van der Waals surface area contributed by atoms with Crippen LogP contribution in [0.3, 0.4) is 0 Å². The number of benzene rings is 2. The van der Waals surface area contributed by atoms with Gasteiger partial charge in [-0.15, -0.1) is 0 Å². The van der Waals surface area contributed by atoms with Crippen LogP contribution in [0.15, 0.2) is 48.7 Å². The first kappa shape index (κ1) is 17.7. The lowest BCUT2D eigenvalue weighted by molar-refractivity contribution is 0.355. The highest BCUT2D eigenvalue weighted by Gasteiger charge is 2.13. The fraction of sp³-hybridized carbons (Fsp3) is 0.100. The molecule has 0 aliphatic carbocycles. The van der Waals surface area contributed by atoms with Crippen molar-refractivity contribution < 1.29 is 18.3 Å². The predicted molar refractivity (Wildman–Crippen MR) is 102 cm³/mol. The number of hydrogen-bond donors (Lipinski definition) is 2. The van der Waals surface area contributed by atoms with Crippen molar-refractivity contribution in [3.63, 3.8) is 0 Å². The number of aromatic nitrogens is 3. The molecule has 28 heavy (non-hydrogen) atoms. The van der Waals surface area contributed by atoms with Gasteiger partial charge < -0.3 is 19.8 Å². The molecule has 0 unspecified atom stereocenters. The lowest BCUT2D eigenvalue weighted by Crippen LogP contribution is -1.96. The number of ether oxygens (including phenoxy) is 2.